The number of likely N-dealkylation sites (tertiary alicyclic amines) is 1. The predicted molar refractivity (Wildman–Crippen MR) is 52.0 cm³/mol. The molecule has 1 atom stereocenters. The van der Waals surface area contributed by atoms with Crippen molar-refractivity contribution < 1.29 is 19.1 Å². The molecule has 0 radical (unpaired) electrons. The zero-order valence-electron chi connectivity index (χ0n) is 8.99. The summed E-state index contributed by atoms with van der Waals surface area (Å²) in [7, 11) is 0. The minimum absolute atomic E-state index is 0.114. The van der Waals surface area contributed by atoms with E-state index in [9.17, 15) is 14.4 Å². The molecule has 0 bridgehead atoms. The first-order valence-corrected chi connectivity index (χ1v) is 5.01. The van der Waals surface area contributed by atoms with Crippen LogP contribution in [-0.2, 0) is 19.1 Å². The van der Waals surface area contributed by atoms with Gasteiger partial charge in [0.1, 0.15) is 5.92 Å². The number of ether oxygens (including phenoxy) is 1. The van der Waals surface area contributed by atoms with Gasteiger partial charge in [0, 0.05) is 26.4 Å². The summed E-state index contributed by atoms with van der Waals surface area (Å²) in [5.41, 5.74) is 0. The minimum Gasteiger partial charge on any atom is -0.465 e. The van der Waals surface area contributed by atoms with Crippen LogP contribution >= 0.6 is 0 Å². The average molecular weight is 213 g/mol. The van der Waals surface area contributed by atoms with Gasteiger partial charge in [-0.3, -0.25) is 14.4 Å². The number of hydrogen-bond donors (Lipinski definition) is 0. The van der Waals surface area contributed by atoms with E-state index in [1.807, 2.05) is 0 Å². The average Bonchev–Trinajstić information content (AvgIpc) is 2.18. The second-order valence-corrected chi connectivity index (χ2v) is 3.49. The molecule has 1 aliphatic rings. The standard InChI is InChI=1S/C10H15NO4/c1-3-15-10(14)8-6-11(7(2)12)5-4-9(8)13/h8H,3-6H2,1-2H3. The Morgan fingerprint density at radius 3 is 2.73 bits per heavy atom. The van der Waals surface area contributed by atoms with Gasteiger partial charge in [-0.25, -0.2) is 0 Å². The molecule has 5 heteroatoms. The van der Waals surface area contributed by atoms with E-state index >= 15 is 0 Å². The lowest BCUT2D eigenvalue weighted by Crippen LogP contribution is -2.46. The van der Waals surface area contributed by atoms with Gasteiger partial charge in [0.2, 0.25) is 5.91 Å². The van der Waals surface area contributed by atoms with E-state index in [0.29, 0.717) is 6.54 Å². The third-order valence-electron chi connectivity index (χ3n) is 2.44. The van der Waals surface area contributed by atoms with E-state index < -0.39 is 11.9 Å². The van der Waals surface area contributed by atoms with Crippen LogP contribution in [0.25, 0.3) is 0 Å². The molecule has 1 saturated heterocycles. The van der Waals surface area contributed by atoms with Gasteiger partial charge in [0.25, 0.3) is 0 Å². The number of esters is 1. The van der Waals surface area contributed by atoms with Crippen molar-refractivity contribution >= 4 is 17.7 Å². The van der Waals surface area contributed by atoms with Gasteiger partial charge in [0.05, 0.1) is 6.61 Å². The SMILES string of the molecule is CCOC(=O)C1CN(C(C)=O)CCC1=O. The van der Waals surface area contributed by atoms with E-state index in [1.54, 1.807) is 6.92 Å². The lowest BCUT2D eigenvalue weighted by molar-refractivity contribution is -0.154. The Bertz CT molecular complexity index is 287. The Balaban J connectivity index is 2.65. The molecule has 1 aliphatic heterocycles. The normalized spacial score (nSPS) is 21.3. The number of rotatable bonds is 2. The van der Waals surface area contributed by atoms with Crippen LogP contribution in [0.2, 0.25) is 0 Å². The summed E-state index contributed by atoms with van der Waals surface area (Å²) in [4.78, 5) is 35.4. The molecular weight excluding hydrogens is 198 g/mol. The molecule has 1 fully saturated rings. The monoisotopic (exact) mass is 213 g/mol. The molecule has 1 heterocycles. The Kier molecular flexibility index (Phi) is 3.82. The van der Waals surface area contributed by atoms with E-state index in [1.165, 1.54) is 11.8 Å². The number of amides is 1. The van der Waals surface area contributed by atoms with Gasteiger partial charge >= 0.3 is 5.97 Å². The van der Waals surface area contributed by atoms with Crippen molar-refractivity contribution in [2.75, 3.05) is 19.7 Å². The van der Waals surface area contributed by atoms with Crippen molar-refractivity contribution in [2.24, 2.45) is 5.92 Å². The summed E-state index contributed by atoms with van der Waals surface area (Å²) in [5, 5.41) is 0. The Labute approximate surface area is 88.4 Å². The summed E-state index contributed by atoms with van der Waals surface area (Å²) >= 11 is 0. The van der Waals surface area contributed by atoms with Gasteiger partial charge in [-0.05, 0) is 6.92 Å². The molecule has 0 aromatic rings. The summed E-state index contributed by atoms with van der Waals surface area (Å²) in [6, 6.07) is 0. The number of nitrogens with zero attached hydrogens (tertiary/aromatic N) is 1. The van der Waals surface area contributed by atoms with Crippen LogP contribution in [0.15, 0.2) is 0 Å². The largest absolute Gasteiger partial charge is 0.465 e. The number of Topliss-reactive ketones (excluding diaryl/α,β-unsaturated/α-hetero) is 1. The highest BCUT2D eigenvalue weighted by atomic mass is 16.5. The Hall–Kier alpha value is -1.39. The fraction of sp³-hybridized carbons (Fsp3) is 0.700. The quantitative estimate of drug-likeness (QED) is 0.478. The van der Waals surface area contributed by atoms with Crippen molar-refractivity contribution in [3.8, 4) is 0 Å². The van der Waals surface area contributed by atoms with Crippen LogP contribution < -0.4 is 0 Å². The first-order chi connectivity index (χ1) is 7.06. The van der Waals surface area contributed by atoms with Crippen LogP contribution in [0, 0.1) is 5.92 Å². The molecule has 15 heavy (non-hydrogen) atoms. The van der Waals surface area contributed by atoms with E-state index in [2.05, 4.69) is 0 Å². The van der Waals surface area contributed by atoms with Crippen molar-refractivity contribution in [3.05, 3.63) is 0 Å². The number of hydrogen-bond acceptors (Lipinski definition) is 4. The number of carbonyl (C=O) groups excluding carboxylic acids is 3. The molecule has 1 unspecified atom stereocenters. The van der Waals surface area contributed by atoms with Crippen molar-refractivity contribution in [2.45, 2.75) is 20.3 Å². The lowest BCUT2D eigenvalue weighted by Gasteiger charge is -2.29. The van der Waals surface area contributed by atoms with E-state index in [4.69, 9.17) is 4.74 Å². The van der Waals surface area contributed by atoms with Crippen LogP contribution in [0.4, 0.5) is 0 Å². The highest BCUT2D eigenvalue weighted by Crippen LogP contribution is 2.14. The second kappa shape index (κ2) is 4.91. The summed E-state index contributed by atoms with van der Waals surface area (Å²) in [5.74, 6) is -1.56. The van der Waals surface area contributed by atoms with Gasteiger partial charge in [0.15, 0.2) is 5.78 Å². The topological polar surface area (TPSA) is 63.7 Å². The first-order valence-electron chi connectivity index (χ1n) is 5.01. The predicted octanol–water partition coefficient (Wildman–Crippen LogP) is -0.0130. The Morgan fingerprint density at radius 2 is 2.20 bits per heavy atom. The second-order valence-electron chi connectivity index (χ2n) is 3.49. The van der Waals surface area contributed by atoms with Crippen LogP contribution in [-0.4, -0.2) is 42.3 Å². The molecule has 84 valence electrons. The van der Waals surface area contributed by atoms with E-state index in [-0.39, 0.29) is 31.3 Å². The third kappa shape index (κ3) is 2.78. The zero-order valence-corrected chi connectivity index (χ0v) is 8.99. The number of ketones is 1. The maximum absolute atomic E-state index is 11.4. The molecule has 0 aromatic heterocycles. The molecular formula is C10H15NO4. The maximum atomic E-state index is 11.4. The Morgan fingerprint density at radius 1 is 1.53 bits per heavy atom. The third-order valence-corrected chi connectivity index (χ3v) is 2.44. The lowest BCUT2D eigenvalue weighted by atomic mass is 9.96. The molecule has 1 rings (SSSR count). The van der Waals surface area contributed by atoms with E-state index in [0.717, 1.165) is 0 Å². The van der Waals surface area contributed by atoms with Crippen molar-refractivity contribution in [1.29, 1.82) is 0 Å². The molecule has 0 N–H and O–H groups in total. The van der Waals surface area contributed by atoms with Crippen molar-refractivity contribution in [3.63, 3.8) is 0 Å². The number of carbonyl (C=O) groups is 3. The number of piperidine rings is 1. The fourth-order valence-corrected chi connectivity index (χ4v) is 1.57. The van der Waals surface area contributed by atoms with Gasteiger partial charge in [-0.1, -0.05) is 0 Å². The molecule has 0 aromatic carbocycles. The molecule has 0 saturated carbocycles. The van der Waals surface area contributed by atoms with Gasteiger partial charge in [-0.2, -0.15) is 0 Å². The molecule has 0 spiro atoms. The first kappa shape index (κ1) is 11.7. The van der Waals surface area contributed by atoms with Crippen LogP contribution in [0.1, 0.15) is 20.3 Å². The highest BCUT2D eigenvalue weighted by Gasteiger charge is 2.34. The molecule has 0 aliphatic carbocycles. The van der Waals surface area contributed by atoms with Gasteiger partial charge in [-0.15, -0.1) is 0 Å². The van der Waals surface area contributed by atoms with Gasteiger partial charge < -0.3 is 9.64 Å². The summed E-state index contributed by atoms with van der Waals surface area (Å²) in [6.45, 7) is 3.94. The van der Waals surface area contributed by atoms with Crippen LogP contribution in [0.5, 0.6) is 0 Å². The highest BCUT2D eigenvalue weighted by molar-refractivity contribution is 6.00. The summed E-state index contributed by atoms with van der Waals surface area (Å²) < 4.78 is 4.78. The maximum Gasteiger partial charge on any atom is 0.318 e. The molecule has 5 nitrogen and oxygen atoms in total. The molecule has 1 amide bonds. The van der Waals surface area contributed by atoms with Crippen LogP contribution in [0.3, 0.4) is 0 Å². The smallest absolute Gasteiger partial charge is 0.318 e. The fourth-order valence-electron chi connectivity index (χ4n) is 1.57. The zero-order chi connectivity index (χ0) is 11.4. The summed E-state index contributed by atoms with van der Waals surface area (Å²) in [6.07, 6.45) is 0.239. The van der Waals surface area contributed by atoms with Crippen molar-refractivity contribution in [1.82, 2.24) is 4.90 Å². The minimum atomic E-state index is -0.789.